The summed E-state index contributed by atoms with van der Waals surface area (Å²) in [7, 11) is 1.77. The van der Waals surface area contributed by atoms with Crippen molar-refractivity contribution in [2.24, 2.45) is 5.73 Å². The Morgan fingerprint density at radius 1 is 1.43 bits per heavy atom. The molecule has 110 valence electrons. The first-order valence-corrected chi connectivity index (χ1v) is 7.57. The van der Waals surface area contributed by atoms with Gasteiger partial charge >= 0.3 is 0 Å². The van der Waals surface area contributed by atoms with E-state index in [4.69, 9.17) is 27.7 Å². The maximum atomic E-state index is 5.89. The zero-order valence-electron chi connectivity index (χ0n) is 12.1. The molecule has 0 saturated carbocycles. The highest BCUT2D eigenvalue weighted by atomic mass is 32.1. The Hall–Kier alpha value is -1.72. The first-order valence-electron chi connectivity index (χ1n) is 7.16. The standard InChI is InChI=1S/C16H19N3OS/c1-20-11-5-4-8-19(10-11)15-9-13(16(17)21)12-6-2-3-7-14(12)18-15/h2-3,6-7,9,11H,4-5,8,10H2,1H3,(H2,17,21). The number of anilines is 1. The summed E-state index contributed by atoms with van der Waals surface area (Å²) in [6, 6.07) is 9.97. The van der Waals surface area contributed by atoms with E-state index in [1.165, 1.54) is 0 Å². The highest BCUT2D eigenvalue weighted by Gasteiger charge is 2.21. The van der Waals surface area contributed by atoms with Gasteiger partial charge in [0.15, 0.2) is 0 Å². The predicted molar refractivity (Wildman–Crippen MR) is 89.9 cm³/mol. The molecule has 2 aromatic rings. The second kappa shape index (κ2) is 5.95. The topological polar surface area (TPSA) is 51.4 Å². The minimum absolute atomic E-state index is 0.264. The average molecular weight is 301 g/mol. The number of nitrogens with zero attached hydrogens (tertiary/aromatic N) is 2. The lowest BCUT2D eigenvalue weighted by Crippen LogP contribution is -2.39. The van der Waals surface area contributed by atoms with Crippen LogP contribution >= 0.6 is 12.2 Å². The molecular formula is C16H19N3OS. The van der Waals surface area contributed by atoms with Gasteiger partial charge in [0.05, 0.1) is 11.6 Å². The van der Waals surface area contributed by atoms with E-state index in [1.807, 2.05) is 30.3 Å². The highest BCUT2D eigenvalue weighted by Crippen LogP contribution is 2.25. The molecule has 0 spiro atoms. The van der Waals surface area contributed by atoms with Gasteiger partial charge in [-0.3, -0.25) is 0 Å². The summed E-state index contributed by atoms with van der Waals surface area (Å²) in [6.07, 6.45) is 2.47. The van der Waals surface area contributed by atoms with Gasteiger partial charge in [-0.15, -0.1) is 0 Å². The molecule has 2 heterocycles. The number of thiocarbonyl (C=S) groups is 1. The van der Waals surface area contributed by atoms with E-state index in [2.05, 4.69) is 4.90 Å². The normalized spacial score (nSPS) is 18.9. The Morgan fingerprint density at radius 3 is 3.00 bits per heavy atom. The number of hydrogen-bond donors (Lipinski definition) is 1. The minimum atomic E-state index is 0.264. The van der Waals surface area contributed by atoms with Crippen LogP contribution in [0.4, 0.5) is 5.82 Å². The molecular weight excluding hydrogens is 282 g/mol. The summed E-state index contributed by atoms with van der Waals surface area (Å²) in [5.74, 6) is 0.929. The maximum absolute atomic E-state index is 5.89. The molecule has 0 radical (unpaired) electrons. The Balaban J connectivity index is 2.04. The summed E-state index contributed by atoms with van der Waals surface area (Å²) in [5.41, 5.74) is 7.71. The molecule has 5 heteroatoms. The number of piperidine rings is 1. The lowest BCUT2D eigenvalue weighted by atomic mass is 10.1. The second-order valence-corrected chi connectivity index (χ2v) is 5.80. The number of pyridine rings is 1. The number of para-hydroxylation sites is 1. The molecule has 1 aromatic heterocycles. The Bertz CT molecular complexity index is 674. The average Bonchev–Trinajstić information content (AvgIpc) is 2.53. The summed E-state index contributed by atoms with van der Waals surface area (Å²) >= 11 is 5.20. The highest BCUT2D eigenvalue weighted by molar-refractivity contribution is 7.80. The molecule has 0 aliphatic carbocycles. The monoisotopic (exact) mass is 301 g/mol. The molecule has 1 atom stereocenters. The third-order valence-electron chi connectivity index (χ3n) is 4.00. The van der Waals surface area contributed by atoms with Gasteiger partial charge in [0, 0.05) is 31.1 Å². The third kappa shape index (κ3) is 2.84. The summed E-state index contributed by atoms with van der Waals surface area (Å²) in [5, 5.41) is 1.01. The van der Waals surface area contributed by atoms with Crippen LogP contribution < -0.4 is 10.6 Å². The molecule has 3 rings (SSSR count). The number of hydrogen-bond acceptors (Lipinski definition) is 4. The second-order valence-electron chi connectivity index (χ2n) is 5.36. The number of rotatable bonds is 3. The van der Waals surface area contributed by atoms with Crippen molar-refractivity contribution in [2.75, 3.05) is 25.1 Å². The number of nitrogens with two attached hydrogens (primary N) is 1. The maximum Gasteiger partial charge on any atom is 0.130 e. The molecule has 1 aliphatic heterocycles. The van der Waals surface area contributed by atoms with Gasteiger partial charge in [-0.1, -0.05) is 30.4 Å². The van der Waals surface area contributed by atoms with Crippen molar-refractivity contribution in [3.63, 3.8) is 0 Å². The van der Waals surface area contributed by atoms with Crippen LogP contribution in [0.15, 0.2) is 30.3 Å². The first-order chi connectivity index (χ1) is 10.2. The Morgan fingerprint density at radius 2 is 2.24 bits per heavy atom. The fourth-order valence-corrected chi connectivity index (χ4v) is 3.03. The molecule has 21 heavy (non-hydrogen) atoms. The van der Waals surface area contributed by atoms with Crippen LogP contribution in [-0.2, 0) is 4.74 Å². The SMILES string of the molecule is COC1CCCN(c2cc(C(N)=S)c3ccccc3n2)C1. The third-order valence-corrected chi connectivity index (χ3v) is 4.22. The summed E-state index contributed by atoms with van der Waals surface area (Å²) < 4.78 is 5.49. The number of methoxy groups -OCH3 is 1. The van der Waals surface area contributed by atoms with Crippen LogP contribution in [0, 0.1) is 0 Å². The van der Waals surface area contributed by atoms with Crippen molar-refractivity contribution in [3.05, 3.63) is 35.9 Å². The molecule has 0 bridgehead atoms. The first kappa shape index (κ1) is 14.2. The van der Waals surface area contributed by atoms with Crippen molar-refractivity contribution in [1.82, 2.24) is 4.98 Å². The molecule has 1 fully saturated rings. The van der Waals surface area contributed by atoms with Gasteiger partial charge in [-0.05, 0) is 25.0 Å². The number of ether oxygens (including phenoxy) is 1. The van der Waals surface area contributed by atoms with E-state index in [0.29, 0.717) is 4.99 Å². The van der Waals surface area contributed by atoms with Crippen molar-refractivity contribution in [1.29, 1.82) is 0 Å². The van der Waals surface area contributed by atoms with Gasteiger partial charge in [0.25, 0.3) is 0 Å². The van der Waals surface area contributed by atoms with Crippen LogP contribution in [-0.4, -0.2) is 36.3 Å². The van der Waals surface area contributed by atoms with E-state index in [9.17, 15) is 0 Å². The molecule has 1 aliphatic rings. The van der Waals surface area contributed by atoms with E-state index in [-0.39, 0.29) is 6.10 Å². The quantitative estimate of drug-likeness (QED) is 0.883. The van der Waals surface area contributed by atoms with Crippen molar-refractivity contribution in [2.45, 2.75) is 18.9 Å². The van der Waals surface area contributed by atoms with Crippen LogP contribution in [0.3, 0.4) is 0 Å². The van der Waals surface area contributed by atoms with E-state index in [0.717, 1.165) is 48.2 Å². The lowest BCUT2D eigenvalue weighted by molar-refractivity contribution is 0.0891. The van der Waals surface area contributed by atoms with E-state index < -0.39 is 0 Å². The Kier molecular flexibility index (Phi) is 4.03. The van der Waals surface area contributed by atoms with Crippen LogP contribution in [0.25, 0.3) is 10.9 Å². The molecule has 4 nitrogen and oxygen atoms in total. The van der Waals surface area contributed by atoms with Crippen LogP contribution in [0.5, 0.6) is 0 Å². The van der Waals surface area contributed by atoms with Gasteiger partial charge in [0.1, 0.15) is 10.8 Å². The Labute approximate surface area is 129 Å². The summed E-state index contributed by atoms with van der Waals surface area (Å²) in [4.78, 5) is 7.43. The fourth-order valence-electron chi connectivity index (χ4n) is 2.87. The number of fused-ring (bicyclic) bond motifs is 1. The van der Waals surface area contributed by atoms with Crippen LogP contribution in [0.2, 0.25) is 0 Å². The fraction of sp³-hybridized carbons (Fsp3) is 0.375. The zero-order chi connectivity index (χ0) is 14.8. The molecule has 1 saturated heterocycles. The predicted octanol–water partition coefficient (Wildman–Crippen LogP) is 2.48. The van der Waals surface area contributed by atoms with Crippen molar-refractivity contribution >= 4 is 33.9 Å². The van der Waals surface area contributed by atoms with Crippen molar-refractivity contribution < 1.29 is 4.74 Å². The zero-order valence-corrected chi connectivity index (χ0v) is 12.9. The molecule has 1 aromatic carbocycles. The molecule has 2 N–H and O–H groups in total. The van der Waals surface area contributed by atoms with Gasteiger partial charge in [-0.25, -0.2) is 4.98 Å². The smallest absolute Gasteiger partial charge is 0.130 e. The molecule has 1 unspecified atom stereocenters. The van der Waals surface area contributed by atoms with Crippen molar-refractivity contribution in [3.8, 4) is 0 Å². The lowest BCUT2D eigenvalue weighted by Gasteiger charge is -2.33. The molecule has 0 amide bonds. The van der Waals surface area contributed by atoms with Gasteiger partial charge in [-0.2, -0.15) is 0 Å². The van der Waals surface area contributed by atoms with Crippen LogP contribution in [0.1, 0.15) is 18.4 Å². The van der Waals surface area contributed by atoms with E-state index >= 15 is 0 Å². The summed E-state index contributed by atoms with van der Waals surface area (Å²) in [6.45, 7) is 1.85. The number of benzene rings is 1. The van der Waals surface area contributed by atoms with Gasteiger partial charge in [0.2, 0.25) is 0 Å². The number of aromatic nitrogens is 1. The largest absolute Gasteiger partial charge is 0.389 e. The van der Waals surface area contributed by atoms with Gasteiger partial charge < -0.3 is 15.4 Å². The van der Waals surface area contributed by atoms with E-state index in [1.54, 1.807) is 7.11 Å². The minimum Gasteiger partial charge on any atom is -0.389 e.